The smallest absolute Gasteiger partial charge is 0.237 e. The molecule has 21 heavy (non-hydrogen) atoms. The second-order valence-corrected chi connectivity index (χ2v) is 6.61. The predicted molar refractivity (Wildman–Crippen MR) is 86.0 cm³/mol. The van der Waals surface area contributed by atoms with E-state index in [9.17, 15) is 4.79 Å². The van der Waals surface area contributed by atoms with E-state index in [0.29, 0.717) is 13.0 Å². The molecular formula is C15H22N4OS. The molecule has 5 nitrogen and oxygen atoms in total. The largest absolute Gasteiger partial charge is 0.368 e. The van der Waals surface area contributed by atoms with Crippen LogP contribution < -0.4 is 11.1 Å². The van der Waals surface area contributed by atoms with E-state index in [2.05, 4.69) is 14.9 Å². The number of aromatic nitrogens is 2. The van der Waals surface area contributed by atoms with Crippen LogP contribution in [0.3, 0.4) is 0 Å². The Morgan fingerprint density at radius 3 is 2.90 bits per heavy atom. The molecule has 2 heterocycles. The Bertz CT molecular complexity index is 591. The minimum atomic E-state index is -0.717. The van der Waals surface area contributed by atoms with Crippen molar-refractivity contribution in [1.29, 1.82) is 0 Å². The number of aryl methyl sites for hydroxylation is 1. The van der Waals surface area contributed by atoms with Gasteiger partial charge in [0.1, 0.15) is 5.82 Å². The summed E-state index contributed by atoms with van der Waals surface area (Å²) in [6.07, 6.45) is 4.34. The van der Waals surface area contributed by atoms with E-state index in [1.807, 2.05) is 44.5 Å². The standard InChI is InChI=1S/C15H22N4OS/c1-11(2)18-15(3,14(16)20)6-8-19-9-7-17-13(19)12-5-4-10-21-12/h4-5,7,9-11,18H,6,8H2,1-3H3,(H2,16,20). The molecule has 2 rings (SSSR count). The van der Waals surface area contributed by atoms with Crippen molar-refractivity contribution in [2.75, 3.05) is 0 Å². The van der Waals surface area contributed by atoms with E-state index in [1.165, 1.54) is 0 Å². The van der Waals surface area contributed by atoms with Gasteiger partial charge in [-0.3, -0.25) is 4.79 Å². The maximum absolute atomic E-state index is 11.8. The molecule has 2 aromatic heterocycles. The van der Waals surface area contributed by atoms with Crippen molar-refractivity contribution >= 4 is 17.2 Å². The Labute approximate surface area is 129 Å². The van der Waals surface area contributed by atoms with E-state index in [0.717, 1.165) is 10.7 Å². The number of rotatable bonds is 7. The van der Waals surface area contributed by atoms with Gasteiger partial charge in [-0.2, -0.15) is 0 Å². The maximum atomic E-state index is 11.8. The van der Waals surface area contributed by atoms with Gasteiger partial charge in [0.25, 0.3) is 0 Å². The quantitative estimate of drug-likeness (QED) is 0.824. The zero-order valence-electron chi connectivity index (χ0n) is 12.7. The zero-order valence-corrected chi connectivity index (χ0v) is 13.5. The van der Waals surface area contributed by atoms with E-state index < -0.39 is 5.54 Å². The fourth-order valence-electron chi connectivity index (χ4n) is 2.37. The molecule has 1 unspecified atom stereocenters. The highest BCUT2D eigenvalue weighted by molar-refractivity contribution is 7.13. The van der Waals surface area contributed by atoms with Crippen molar-refractivity contribution < 1.29 is 4.79 Å². The highest BCUT2D eigenvalue weighted by Gasteiger charge is 2.31. The number of carbonyl (C=O) groups is 1. The summed E-state index contributed by atoms with van der Waals surface area (Å²) in [6, 6.07) is 4.25. The summed E-state index contributed by atoms with van der Waals surface area (Å²) in [5.74, 6) is 0.607. The van der Waals surface area contributed by atoms with Crippen LogP contribution in [-0.4, -0.2) is 27.0 Å². The van der Waals surface area contributed by atoms with Crippen LogP contribution in [0.4, 0.5) is 0 Å². The van der Waals surface area contributed by atoms with Gasteiger partial charge < -0.3 is 15.6 Å². The number of hydrogen-bond donors (Lipinski definition) is 2. The monoisotopic (exact) mass is 306 g/mol. The van der Waals surface area contributed by atoms with E-state index >= 15 is 0 Å². The topological polar surface area (TPSA) is 72.9 Å². The summed E-state index contributed by atoms with van der Waals surface area (Å²) in [7, 11) is 0. The van der Waals surface area contributed by atoms with Gasteiger partial charge in [0, 0.05) is 25.0 Å². The summed E-state index contributed by atoms with van der Waals surface area (Å²) in [5.41, 5.74) is 4.85. The molecule has 0 aromatic carbocycles. The Hall–Kier alpha value is -1.66. The molecule has 0 saturated carbocycles. The van der Waals surface area contributed by atoms with E-state index in [1.54, 1.807) is 17.5 Å². The van der Waals surface area contributed by atoms with Crippen molar-refractivity contribution in [3.8, 4) is 10.7 Å². The fraction of sp³-hybridized carbons (Fsp3) is 0.467. The number of amides is 1. The van der Waals surface area contributed by atoms with E-state index in [4.69, 9.17) is 5.73 Å². The first-order valence-corrected chi connectivity index (χ1v) is 7.93. The molecule has 1 atom stereocenters. The SMILES string of the molecule is CC(C)NC(C)(CCn1ccnc1-c1cccs1)C(N)=O. The molecule has 2 aromatic rings. The highest BCUT2D eigenvalue weighted by atomic mass is 32.1. The second-order valence-electron chi connectivity index (χ2n) is 5.67. The third-order valence-corrected chi connectivity index (χ3v) is 4.33. The molecule has 0 fully saturated rings. The number of thiophene rings is 1. The zero-order chi connectivity index (χ0) is 15.5. The van der Waals surface area contributed by atoms with Crippen LogP contribution in [0, 0.1) is 0 Å². The minimum Gasteiger partial charge on any atom is -0.368 e. The molecule has 0 aliphatic rings. The van der Waals surface area contributed by atoms with Crippen molar-refractivity contribution in [3.05, 3.63) is 29.9 Å². The summed E-state index contributed by atoms with van der Waals surface area (Å²) < 4.78 is 2.06. The molecule has 0 aliphatic heterocycles. The lowest BCUT2D eigenvalue weighted by Crippen LogP contribution is -2.55. The fourth-order valence-corrected chi connectivity index (χ4v) is 3.10. The van der Waals surface area contributed by atoms with Crippen LogP contribution in [-0.2, 0) is 11.3 Å². The first-order chi connectivity index (χ1) is 9.92. The molecule has 0 bridgehead atoms. The van der Waals surface area contributed by atoms with E-state index in [-0.39, 0.29) is 11.9 Å². The molecule has 3 N–H and O–H groups in total. The van der Waals surface area contributed by atoms with Crippen LogP contribution in [0.25, 0.3) is 10.7 Å². The van der Waals surface area contributed by atoms with Crippen LogP contribution in [0.5, 0.6) is 0 Å². The lowest BCUT2D eigenvalue weighted by molar-refractivity contribution is -0.124. The highest BCUT2D eigenvalue weighted by Crippen LogP contribution is 2.24. The maximum Gasteiger partial charge on any atom is 0.237 e. The van der Waals surface area contributed by atoms with Gasteiger partial charge in [-0.15, -0.1) is 11.3 Å². The molecular weight excluding hydrogens is 284 g/mol. The third kappa shape index (κ3) is 3.71. The van der Waals surface area contributed by atoms with Crippen molar-refractivity contribution in [2.45, 2.75) is 45.3 Å². The predicted octanol–water partition coefficient (Wildman–Crippen LogP) is 2.24. The van der Waals surface area contributed by atoms with Crippen LogP contribution >= 0.6 is 11.3 Å². The summed E-state index contributed by atoms with van der Waals surface area (Å²) in [6.45, 7) is 6.56. The Kier molecular flexibility index (Phi) is 4.80. The number of nitrogens with zero attached hydrogens (tertiary/aromatic N) is 2. The Balaban J connectivity index is 2.12. The van der Waals surface area contributed by atoms with Gasteiger partial charge in [-0.05, 0) is 38.6 Å². The first-order valence-electron chi connectivity index (χ1n) is 7.05. The van der Waals surface area contributed by atoms with Gasteiger partial charge in [-0.1, -0.05) is 6.07 Å². The van der Waals surface area contributed by atoms with Gasteiger partial charge in [0.05, 0.1) is 10.4 Å². The van der Waals surface area contributed by atoms with Crippen molar-refractivity contribution in [3.63, 3.8) is 0 Å². The van der Waals surface area contributed by atoms with Gasteiger partial charge in [0.15, 0.2) is 0 Å². The van der Waals surface area contributed by atoms with Crippen molar-refractivity contribution in [1.82, 2.24) is 14.9 Å². The minimum absolute atomic E-state index is 0.196. The third-order valence-electron chi connectivity index (χ3n) is 3.46. The number of carbonyl (C=O) groups excluding carboxylic acids is 1. The summed E-state index contributed by atoms with van der Waals surface area (Å²) >= 11 is 1.65. The lowest BCUT2D eigenvalue weighted by atomic mass is 9.95. The summed E-state index contributed by atoms with van der Waals surface area (Å²) in [4.78, 5) is 17.3. The molecule has 6 heteroatoms. The number of imidazole rings is 1. The number of hydrogen-bond acceptors (Lipinski definition) is 4. The van der Waals surface area contributed by atoms with Crippen molar-refractivity contribution in [2.24, 2.45) is 5.73 Å². The number of nitrogens with one attached hydrogen (secondary N) is 1. The molecule has 0 radical (unpaired) electrons. The number of primary amides is 1. The van der Waals surface area contributed by atoms with Crippen LogP contribution in [0.1, 0.15) is 27.2 Å². The van der Waals surface area contributed by atoms with Gasteiger partial charge in [0.2, 0.25) is 5.91 Å². The lowest BCUT2D eigenvalue weighted by Gasteiger charge is -2.30. The second kappa shape index (κ2) is 6.41. The Morgan fingerprint density at radius 1 is 1.57 bits per heavy atom. The van der Waals surface area contributed by atoms with Crippen LogP contribution in [0.2, 0.25) is 0 Å². The molecule has 1 amide bonds. The van der Waals surface area contributed by atoms with Crippen LogP contribution in [0.15, 0.2) is 29.9 Å². The normalized spacial score (nSPS) is 14.3. The molecule has 0 saturated heterocycles. The summed E-state index contributed by atoms with van der Waals surface area (Å²) in [5, 5.41) is 5.30. The van der Waals surface area contributed by atoms with Gasteiger partial charge in [-0.25, -0.2) is 4.98 Å². The molecule has 114 valence electrons. The van der Waals surface area contributed by atoms with Gasteiger partial charge >= 0.3 is 0 Å². The average molecular weight is 306 g/mol. The Morgan fingerprint density at radius 2 is 2.33 bits per heavy atom. The molecule has 0 aliphatic carbocycles. The molecule has 0 spiro atoms. The first kappa shape index (κ1) is 15.7. The average Bonchev–Trinajstić information content (AvgIpc) is 3.06. The number of nitrogens with two attached hydrogens (primary N) is 1.